The molecule has 12 heavy (non-hydrogen) atoms. The predicted molar refractivity (Wildman–Crippen MR) is 56.7 cm³/mol. The van der Waals surface area contributed by atoms with Crippen LogP contribution in [0.3, 0.4) is 0 Å². The first-order valence-corrected chi connectivity index (χ1v) is 3.24. The highest BCUT2D eigenvalue weighted by Gasteiger charge is 2.12. The van der Waals surface area contributed by atoms with E-state index in [4.69, 9.17) is 11.5 Å². The summed E-state index contributed by atoms with van der Waals surface area (Å²) in [6.45, 7) is 1.78. The maximum absolute atomic E-state index is 5.63. The molecule has 0 aliphatic rings. The van der Waals surface area contributed by atoms with Gasteiger partial charge in [-0.2, -0.15) is 0 Å². The summed E-state index contributed by atoms with van der Waals surface area (Å²) in [7, 11) is 0. The molecule has 1 rings (SSSR count). The minimum absolute atomic E-state index is 0. The third-order valence-electron chi connectivity index (χ3n) is 1.40. The topological polar surface area (TPSA) is 52.0 Å². The maximum atomic E-state index is 5.63. The monoisotopic (exact) mass is 208 g/mol. The zero-order chi connectivity index (χ0) is 7.61. The van der Waals surface area contributed by atoms with Crippen molar-refractivity contribution in [2.45, 2.75) is 12.6 Å². The van der Waals surface area contributed by atoms with Gasteiger partial charge in [0.2, 0.25) is 0 Å². The smallest absolute Gasteiger partial charge is 0.0870 e. The number of benzene rings is 1. The van der Waals surface area contributed by atoms with Crippen LogP contribution in [0.5, 0.6) is 0 Å². The quantitative estimate of drug-likeness (QED) is 0.690. The summed E-state index contributed by atoms with van der Waals surface area (Å²) < 4.78 is 0. The van der Waals surface area contributed by atoms with Crippen LogP contribution in [-0.4, -0.2) is 0 Å². The van der Waals surface area contributed by atoms with E-state index in [1.54, 1.807) is 6.92 Å². The van der Waals surface area contributed by atoms with Crippen molar-refractivity contribution >= 4 is 24.8 Å². The summed E-state index contributed by atoms with van der Waals surface area (Å²) in [5.41, 5.74) is 11.5. The Morgan fingerprint density at radius 3 is 1.67 bits per heavy atom. The lowest BCUT2D eigenvalue weighted by molar-refractivity contribution is 0.520. The standard InChI is InChI=1S/C8H12N2.2ClH/c1-8(9,10)7-5-3-2-4-6-7;;/h2-6H,9-10H2,1H3;2*1H. The minimum atomic E-state index is -0.707. The van der Waals surface area contributed by atoms with Gasteiger partial charge in [-0.3, -0.25) is 0 Å². The molecule has 0 amide bonds. The largest absolute Gasteiger partial charge is 0.310 e. The molecular weight excluding hydrogens is 195 g/mol. The molecule has 0 unspecified atom stereocenters. The van der Waals surface area contributed by atoms with Gasteiger partial charge in [0.05, 0.1) is 5.66 Å². The first kappa shape index (κ1) is 14.3. The van der Waals surface area contributed by atoms with Gasteiger partial charge in [-0.05, 0) is 12.5 Å². The lowest BCUT2D eigenvalue weighted by atomic mass is 10.0. The van der Waals surface area contributed by atoms with Crippen LogP contribution in [-0.2, 0) is 5.66 Å². The van der Waals surface area contributed by atoms with Crippen molar-refractivity contribution in [2.24, 2.45) is 11.5 Å². The molecule has 0 aliphatic heterocycles. The van der Waals surface area contributed by atoms with Gasteiger partial charge in [-0.25, -0.2) is 0 Å². The summed E-state index contributed by atoms with van der Waals surface area (Å²) in [5, 5.41) is 0. The van der Waals surface area contributed by atoms with Gasteiger partial charge in [-0.1, -0.05) is 30.3 Å². The second-order valence-electron chi connectivity index (χ2n) is 2.65. The Bertz CT molecular complexity index is 206. The molecule has 0 bridgehead atoms. The second-order valence-corrected chi connectivity index (χ2v) is 2.65. The summed E-state index contributed by atoms with van der Waals surface area (Å²) >= 11 is 0. The SMILES string of the molecule is CC(N)(N)c1ccccc1.Cl.Cl. The predicted octanol–water partition coefficient (Wildman–Crippen LogP) is 1.62. The number of hydrogen-bond acceptors (Lipinski definition) is 2. The van der Waals surface area contributed by atoms with Gasteiger partial charge in [-0.15, -0.1) is 24.8 Å². The summed E-state index contributed by atoms with van der Waals surface area (Å²) in [6, 6.07) is 9.62. The molecule has 0 spiro atoms. The Morgan fingerprint density at radius 2 is 1.42 bits per heavy atom. The van der Waals surface area contributed by atoms with Gasteiger partial charge < -0.3 is 11.5 Å². The molecule has 2 nitrogen and oxygen atoms in total. The molecule has 1 aromatic rings. The highest BCUT2D eigenvalue weighted by atomic mass is 35.5. The molecular formula is C8H14Cl2N2. The van der Waals surface area contributed by atoms with Crippen LogP contribution in [0.1, 0.15) is 12.5 Å². The van der Waals surface area contributed by atoms with Gasteiger partial charge in [0.15, 0.2) is 0 Å². The fraction of sp³-hybridized carbons (Fsp3) is 0.250. The molecule has 0 radical (unpaired) electrons. The van der Waals surface area contributed by atoms with Crippen molar-refractivity contribution < 1.29 is 0 Å². The third kappa shape index (κ3) is 3.93. The zero-order valence-corrected chi connectivity index (χ0v) is 8.49. The highest BCUT2D eigenvalue weighted by molar-refractivity contribution is 5.85. The van der Waals surface area contributed by atoms with E-state index in [2.05, 4.69) is 0 Å². The molecule has 0 saturated carbocycles. The van der Waals surface area contributed by atoms with Gasteiger partial charge in [0.1, 0.15) is 0 Å². The summed E-state index contributed by atoms with van der Waals surface area (Å²) in [5.74, 6) is 0. The molecule has 0 aromatic heterocycles. The lowest BCUT2D eigenvalue weighted by Crippen LogP contribution is -2.42. The molecule has 0 saturated heterocycles. The Labute approximate surface area is 85.1 Å². The van der Waals surface area contributed by atoms with Crippen LogP contribution in [0.2, 0.25) is 0 Å². The van der Waals surface area contributed by atoms with Crippen LogP contribution in [0.25, 0.3) is 0 Å². The van der Waals surface area contributed by atoms with Gasteiger partial charge in [0.25, 0.3) is 0 Å². The Hall–Kier alpha value is -0.280. The van der Waals surface area contributed by atoms with E-state index >= 15 is 0 Å². The molecule has 4 heteroatoms. The normalized spacial score (nSPS) is 9.58. The summed E-state index contributed by atoms with van der Waals surface area (Å²) in [4.78, 5) is 0. The first-order valence-electron chi connectivity index (χ1n) is 3.24. The number of halogens is 2. The first-order chi connectivity index (χ1) is 4.61. The van der Waals surface area contributed by atoms with Crippen molar-refractivity contribution in [3.8, 4) is 0 Å². The van der Waals surface area contributed by atoms with E-state index in [0.29, 0.717) is 0 Å². The van der Waals surface area contributed by atoms with Crippen molar-refractivity contribution in [3.05, 3.63) is 35.9 Å². The number of nitrogens with two attached hydrogens (primary N) is 2. The maximum Gasteiger partial charge on any atom is 0.0870 e. The second kappa shape index (κ2) is 5.38. The van der Waals surface area contributed by atoms with E-state index in [1.807, 2.05) is 30.3 Å². The molecule has 0 aliphatic carbocycles. The Morgan fingerprint density at radius 1 is 1.00 bits per heavy atom. The zero-order valence-electron chi connectivity index (χ0n) is 6.86. The average molecular weight is 209 g/mol. The van der Waals surface area contributed by atoms with Crippen molar-refractivity contribution in [2.75, 3.05) is 0 Å². The van der Waals surface area contributed by atoms with Gasteiger partial charge >= 0.3 is 0 Å². The Kier molecular flexibility index (Phi) is 6.39. The van der Waals surface area contributed by atoms with E-state index in [-0.39, 0.29) is 24.8 Å². The van der Waals surface area contributed by atoms with Crippen LogP contribution < -0.4 is 11.5 Å². The van der Waals surface area contributed by atoms with Crippen LogP contribution in [0, 0.1) is 0 Å². The van der Waals surface area contributed by atoms with Crippen LogP contribution in [0.4, 0.5) is 0 Å². The fourth-order valence-corrected chi connectivity index (χ4v) is 0.797. The molecule has 1 aromatic carbocycles. The van der Waals surface area contributed by atoms with E-state index in [9.17, 15) is 0 Å². The highest BCUT2D eigenvalue weighted by Crippen LogP contribution is 2.09. The van der Waals surface area contributed by atoms with Crippen LogP contribution >= 0.6 is 24.8 Å². The molecule has 0 heterocycles. The molecule has 0 atom stereocenters. The van der Waals surface area contributed by atoms with E-state index in [0.717, 1.165) is 5.56 Å². The third-order valence-corrected chi connectivity index (χ3v) is 1.40. The van der Waals surface area contributed by atoms with Crippen molar-refractivity contribution in [1.29, 1.82) is 0 Å². The molecule has 70 valence electrons. The van der Waals surface area contributed by atoms with Gasteiger partial charge in [0, 0.05) is 0 Å². The van der Waals surface area contributed by atoms with E-state index < -0.39 is 5.66 Å². The fourth-order valence-electron chi connectivity index (χ4n) is 0.797. The number of hydrogen-bond donors (Lipinski definition) is 2. The average Bonchev–Trinajstić information content (AvgIpc) is 1.88. The summed E-state index contributed by atoms with van der Waals surface area (Å²) in [6.07, 6.45) is 0. The minimum Gasteiger partial charge on any atom is -0.310 e. The Balaban J connectivity index is 0. The lowest BCUT2D eigenvalue weighted by Gasteiger charge is -2.18. The number of rotatable bonds is 1. The van der Waals surface area contributed by atoms with E-state index in [1.165, 1.54) is 0 Å². The van der Waals surface area contributed by atoms with Crippen LogP contribution in [0.15, 0.2) is 30.3 Å². The molecule has 4 N–H and O–H groups in total. The van der Waals surface area contributed by atoms with Crippen molar-refractivity contribution in [1.82, 2.24) is 0 Å². The molecule has 0 fully saturated rings. The van der Waals surface area contributed by atoms with Crippen molar-refractivity contribution in [3.63, 3.8) is 0 Å².